The zero-order valence-corrected chi connectivity index (χ0v) is 10.6. The smallest absolute Gasteiger partial charge is 0.305 e. The minimum Gasteiger partial charge on any atom is -0.469 e. The minimum atomic E-state index is -0.467. The van der Waals surface area contributed by atoms with Crippen LogP contribution in [0.25, 0.3) is 0 Å². The van der Waals surface area contributed by atoms with Crippen molar-refractivity contribution in [3.63, 3.8) is 0 Å². The Kier molecular flexibility index (Phi) is 3.47. The molecule has 0 aliphatic carbocycles. The van der Waals surface area contributed by atoms with Crippen molar-refractivity contribution in [2.75, 3.05) is 26.1 Å². The van der Waals surface area contributed by atoms with E-state index >= 15 is 0 Å². The maximum Gasteiger partial charge on any atom is 0.305 e. The monoisotopic (exact) mass is 246 g/mol. The van der Waals surface area contributed by atoms with Crippen molar-refractivity contribution in [2.45, 2.75) is 36.7 Å². The van der Waals surface area contributed by atoms with Gasteiger partial charge in [-0.1, -0.05) is 0 Å². The molecule has 0 aromatic heterocycles. The molecule has 0 amide bonds. The Morgan fingerprint density at radius 3 is 2.75 bits per heavy atom. The molecule has 0 aromatic rings. The third-order valence-corrected chi connectivity index (χ3v) is 5.01. The van der Waals surface area contributed by atoms with Crippen molar-refractivity contribution in [3.8, 4) is 0 Å². The van der Waals surface area contributed by atoms with E-state index in [2.05, 4.69) is 11.7 Å². The van der Waals surface area contributed by atoms with E-state index in [1.54, 1.807) is 0 Å². The fourth-order valence-electron chi connectivity index (χ4n) is 2.39. The fraction of sp³-hybridized carbons (Fsp3) is 0.909. The van der Waals surface area contributed by atoms with E-state index in [-0.39, 0.29) is 10.7 Å². The van der Waals surface area contributed by atoms with Crippen LogP contribution in [0, 0.1) is 0 Å². The summed E-state index contributed by atoms with van der Waals surface area (Å²) in [6.07, 6.45) is 2.08. The predicted octanol–water partition coefficient (Wildman–Crippen LogP) is 1.58. The average Bonchev–Trinajstić information content (AvgIpc) is 2.87. The predicted molar refractivity (Wildman–Crippen MR) is 61.4 cm³/mol. The molecule has 5 heteroatoms. The van der Waals surface area contributed by atoms with Gasteiger partial charge in [0.05, 0.1) is 25.1 Å². The van der Waals surface area contributed by atoms with E-state index < -0.39 is 5.79 Å². The molecule has 1 spiro atoms. The zero-order valence-electron chi connectivity index (χ0n) is 9.78. The van der Waals surface area contributed by atoms with Crippen LogP contribution < -0.4 is 0 Å². The van der Waals surface area contributed by atoms with Crippen LogP contribution in [0.15, 0.2) is 0 Å². The van der Waals surface area contributed by atoms with Gasteiger partial charge in [0, 0.05) is 12.8 Å². The number of carbonyl (C=O) groups excluding carboxylic acids is 1. The maximum absolute atomic E-state index is 11.2. The lowest BCUT2D eigenvalue weighted by Gasteiger charge is -2.37. The molecule has 2 aliphatic rings. The number of hydrogen-bond acceptors (Lipinski definition) is 5. The third kappa shape index (κ3) is 1.96. The molecule has 1 atom stereocenters. The quantitative estimate of drug-likeness (QED) is 0.707. The van der Waals surface area contributed by atoms with Crippen molar-refractivity contribution in [1.29, 1.82) is 0 Å². The average molecular weight is 246 g/mol. The number of carbonyl (C=O) groups is 1. The molecule has 0 radical (unpaired) electrons. The Hall–Kier alpha value is -0.260. The first-order valence-electron chi connectivity index (χ1n) is 5.61. The van der Waals surface area contributed by atoms with Gasteiger partial charge in [0.2, 0.25) is 0 Å². The number of ether oxygens (including phenoxy) is 3. The molecule has 2 fully saturated rings. The summed E-state index contributed by atoms with van der Waals surface area (Å²) in [6.45, 7) is 3.45. The van der Waals surface area contributed by atoms with Crippen LogP contribution in [-0.4, -0.2) is 42.6 Å². The van der Waals surface area contributed by atoms with E-state index in [9.17, 15) is 4.79 Å². The molecule has 2 saturated heterocycles. The topological polar surface area (TPSA) is 44.8 Å². The highest BCUT2D eigenvalue weighted by Gasteiger charge is 2.56. The Labute approximate surface area is 100 Å². The lowest BCUT2D eigenvalue weighted by atomic mass is 9.92. The van der Waals surface area contributed by atoms with Crippen LogP contribution >= 0.6 is 11.8 Å². The van der Waals surface area contributed by atoms with E-state index in [0.29, 0.717) is 19.6 Å². The minimum absolute atomic E-state index is 0.127. The number of thioether (sulfide) groups is 1. The SMILES string of the molecule is COC(=O)CC[C@]1(C)SCCC12OCCO2. The molecule has 16 heavy (non-hydrogen) atoms. The number of esters is 1. The standard InChI is InChI=1S/C11H18O4S/c1-10(4-3-9(12)13-2)11(5-8-16-10)14-6-7-15-11/h3-8H2,1-2H3/t10-/m0/s1. The van der Waals surface area contributed by atoms with Crippen LogP contribution in [0.2, 0.25) is 0 Å². The fourth-order valence-corrected chi connectivity index (χ4v) is 3.90. The van der Waals surface area contributed by atoms with E-state index in [1.165, 1.54) is 7.11 Å². The van der Waals surface area contributed by atoms with Crippen LogP contribution in [-0.2, 0) is 19.0 Å². The van der Waals surface area contributed by atoms with Crippen molar-refractivity contribution < 1.29 is 19.0 Å². The van der Waals surface area contributed by atoms with E-state index in [0.717, 1.165) is 18.6 Å². The first-order valence-corrected chi connectivity index (χ1v) is 6.59. The molecular weight excluding hydrogens is 228 g/mol. The van der Waals surface area contributed by atoms with Gasteiger partial charge in [0.15, 0.2) is 5.79 Å². The van der Waals surface area contributed by atoms with Gasteiger partial charge in [-0.25, -0.2) is 0 Å². The van der Waals surface area contributed by atoms with Gasteiger partial charge in [0.25, 0.3) is 0 Å². The Morgan fingerprint density at radius 2 is 2.12 bits per heavy atom. The lowest BCUT2D eigenvalue weighted by Crippen LogP contribution is -2.47. The Bertz CT molecular complexity index is 270. The molecule has 4 nitrogen and oxygen atoms in total. The molecule has 2 rings (SSSR count). The normalized spacial score (nSPS) is 32.1. The molecule has 92 valence electrons. The van der Waals surface area contributed by atoms with Crippen LogP contribution in [0.3, 0.4) is 0 Å². The molecule has 0 bridgehead atoms. The second-order valence-electron chi connectivity index (χ2n) is 4.36. The number of rotatable bonds is 3. The van der Waals surface area contributed by atoms with Crippen LogP contribution in [0.1, 0.15) is 26.2 Å². The number of hydrogen-bond donors (Lipinski definition) is 0. The second-order valence-corrected chi connectivity index (χ2v) is 5.95. The molecule has 0 saturated carbocycles. The Morgan fingerprint density at radius 1 is 1.44 bits per heavy atom. The van der Waals surface area contributed by atoms with Gasteiger partial charge in [-0.05, 0) is 19.1 Å². The molecule has 0 aromatic carbocycles. The summed E-state index contributed by atoms with van der Waals surface area (Å²) < 4.78 is 16.1. The van der Waals surface area contributed by atoms with Crippen molar-refractivity contribution in [2.24, 2.45) is 0 Å². The van der Waals surface area contributed by atoms with Crippen LogP contribution in [0.5, 0.6) is 0 Å². The number of methoxy groups -OCH3 is 1. The van der Waals surface area contributed by atoms with Crippen molar-refractivity contribution in [3.05, 3.63) is 0 Å². The maximum atomic E-state index is 11.2. The van der Waals surface area contributed by atoms with Crippen molar-refractivity contribution >= 4 is 17.7 Å². The Balaban J connectivity index is 2.02. The first-order chi connectivity index (χ1) is 7.62. The van der Waals surface area contributed by atoms with Crippen LogP contribution in [0.4, 0.5) is 0 Å². The van der Waals surface area contributed by atoms with Gasteiger partial charge >= 0.3 is 5.97 Å². The highest BCUT2D eigenvalue weighted by atomic mass is 32.2. The molecular formula is C11H18O4S. The summed E-state index contributed by atoms with van der Waals surface area (Å²) in [7, 11) is 1.42. The molecule has 2 heterocycles. The molecule has 2 aliphatic heterocycles. The summed E-state index contributed by atoms with van der Waals surface area (Å²) in [4.78, 5) is 11.2. The van der Waals surface area contributed by atoms with Gasteiger partial charge in [-0.2, -0.15) is 0 Å². The largest absolute Gasteiger partial charge is 0.469 e. The van der Waals surface area contributed by atoms with Gasteiger partial charge in [-0.3, -0.25) is 4.79 Å². The summed E-state index contributed by atoms with van der Waals surface area (Å²) >= 11 is 1.84. The first kappa shape index (κ1) is 12.2. The van der Waals surface area contributed by atoms with E-state index in [4.69, 9.17) is 9.47 Å². The summed E-state index contributed by atoms with van der Waals surface area (Å²) in [6, 6.07) is 0. The summed E-state index contributed by atoms with van der Waals surface area (Å²) in [5.74, 6) is 0.394. The second kappa shape index (κ2) is 4.55. The van der Waals surface area contributed by atoms with E-state index in [1.807, 2.05) is 11.8 Å². The molecule has 0 unspecified atom stereocenters. The summed E-state index contributed by atoms with van der Waals surface area (Å²) in [5, 5.41) is 0. The highest BCUT2D eigenvalue weighted by Crippen LogP contribution is 2.52. The summed E-state index contributed by atoms with van der Waals surface area (Å²) in [5.41, 5.74) is 0. The van der Waals surface area contributed by atoms with Gasteiger partial charge in [0.1, 0.15) is 0 Å². The van der Waals surface area contributed by atoms with Gasteiger partial charge < -0.3 is 14.2 Å². The van der Waals surface area contributed by atoms with Crippen molar-refractivity contribution in [1.82, 2.24) is 0 Å². The third-order valence-electron chi connectivity index (χ3n) is 3.45. The zero-order chi connectivity index (χ0) is 11.6. The van der Waals surface area contributed by atoms with Gasteiger partial charge in [-0.15, -0.1) is 11.8 Å². The lowest BCUT2D eigenvalue weighted by molar-refractivity contribution is -0.177. The highest BCUT2D eigenvalue weighted by molar-refractivity contribution is 8.01. The molecule has 0 N–H and O–H groups in total.